The maximum atomic E-state index is 3.97. The molecule has 1 nitrogen and oxygen atoms in total. The fraction of sp³-hybridized carbons (Fsp3) is 0.462. The third kappa shape index (κ3) is 5.03. The largest absolute Gasteiger partial charge is 0.301 e. The first-order valence-corrected chi connectivity index (χ1v) is 6.56. The summed E-state index contributed by atoms with van der Waals surface area (Å²) >= 11 is 1.99. The first-order valence-electron chi connectivity index (χ1n) is 5.41. The highest BCUT2D eigenvalue weighted by Crippen LogP contribution is 2.17. The summed E-state index contributed by atoms with van der Waals surface area (Å²) in [6.45, 7) is 6.68. The molecule has 0 saturated heterocycles. The fourth-order valence-electron chi connectivity index (χ4n) is 1.40. The molecule has 1 unspecified atom stereocenters. The van der Waals surface area contributed by atoms with Gasteiger partial charge in [0.25, 0.3) is 0 Å². The van der Waals surface area contributed by atoms with E-state index in [0.29, 0.717) is 5.92 Å². The van der Waals surface area contributed by atoms with Crippen LogP contribution in [0.3, 0.4) is 0 Å². The Morgan fingerprint density at radius 2 is 2.07 bits per heavy atom. The van der Waals surface area contributed by atoms with Crippen molar-refractivity contribution in [1.82, 2.24) is 0 Å². The van der Waals surface area contributed by atoms with Crippen LogP contribution < -0.4 is 0 Å². The maximum Gasteiger partial charge on any atom is 0.0418 e. The summed E-state index contributed by atoms with van der Waals surface area (Å²) in [5.74, 6) is 2.98. The molecule has 1 aromatic carbocycles. The summed E-state index contributed by atoms with van der Waals surface area (Å²) in [4.78, 5) is 3.97. The Balaban J connectivity index is 2.23. The third-order valence-corrected chi connectivity index (χ3v) is 3.67. The topological polar surface area (TPSA) is 12.4 Å². The van der Waals surface area contributed by atoms with Crippen LogP contribution in [0.25, 0.3) is 0 Å². The van der Waals surface area contributed by atoms with E-state index < -0.39 is 0 Å². The molecule has 0 aromatic heterocycles. The van der Waals surface area contributed by atoms with Crippen molar-refractivity contribution in [2.75, 3.05) is 12.3 Å². The molecular formula is C13H19NS. The van der Waals surface area contributed by atoms with Crippen molar-refractivity contribution in [2.45, 2.75) is 19.1 Å². The summed E-state index contributed by atoms with van der Waals surface area (Å²) in [6, 6.07) is 10.6. The summed E-state index contributed by atoms with van der Waals surface area (Å²) in [5.41, 5.74) is 1.41. The molecule has 0 bridgehead atoms. The zero-order valence-electron chi connectivity index (χ0n) is 9.36. The second kappa shape index (κ2) is 7.52. The van der Waals surface area contributed by atoms with Gasteiger partial charge in [0.05, 0.1) is 0 Å². The number of hydrogen-bond acceptors (Lipinski definition) is 2. The summed E-state index contributed by atoms with van der Waals surface area (Å²) in [6.07, 6.45) is 1.20. The predicted octanol–water partition coefficient (Wildman–Crippen LogP) is 3.65. The van der Waals surface area contributed by atoms with E-state index in [1.807, 2.05) is 11.8 Å². The molecule has 0 N–H and O–H groups in total. The van der Waals surface area contributed by atoms with E-state index in [9.17, 15) is 0 Å². The van der Waals surface area contributed by atoms with E-state index >= 15 is 0 Å². The number of benzene rings is 1. The molecule has 0 fully saturated rings. The Hall–Kier alpha value is -0.760. The lowest BCUT2D eigenvalue weighted by Gasteiger charge is -2.11. The first-order chi connectivity index (χ1) is 7.36. The lowest BCUT2D eigenvalue weighted by atomic mass is 10.1. The number of rotatable bonds is 7. The van der Waals surface area contributed by atoms with E-state index in [0.717, 1.165) is 12.3 Å². The molecule has 0 aliphatic carbocycles. The molecule has 0 spiro atoms. The lowest BCUT2D eigenvalue weighted by Crippen LogP contribution is -2.06. The second-order valence-electron chi connectivity index (χ2n) is 3.68. The van der Waals surface area contributed by atoms with Gasteiger partial charge in [0, 0.05) is 12.3 Å². The van der Waals surface area contributed by atoms with Gasteiger partial charge < -0.3 is 4.99 Å². The van der Waals surface area contributed by atoms with Crippen molar-refractivity contribution >= 4 is 18.5 Å². The van der Waals surface area contributed by atoms with Gasteiger partial charge in [-0.1, -0.05) is 43.7 Å². The zero-order chi connectivity index (χ0) is 10.9. The van der Waals surface area contributed by atoms with Crippen LogP contribution in [0.4, 0.5) is 0 Å². The van der Waals surface area contributed by atoms with Gasteiger partial charge in [-0.3, -0.25) is 0 Å². The van der Waals surface area contributed by atoms with Crippen LogP contribution >= 0.6 is 11.8 Å². The van der Waals surface area contributed by atoms with Crippen molar-refractivity contribution in [3.63, 3.8) is 0 Å². The van der Waals surface area contributed by atoms with Crippen LogP contribution in [-0.4, -0.2) is 19.0 Å². The molecule has 1 atom stereocenters. The van der Waals surface area contributed by atoms with Crippen molar-refractivity contribution in [3.8, 4) is 0 Å². The molecule has 0 aliphatic rings. The minimum absolute atomic E-state index is 0.691. The van der Waals surface area contributed by atoms with Crippen LogP contribution in [0.15, 0.2) is 35.3 Å². The van der Waals surface area contributed by atoms with E-state index in [4.69, 9.17) is 0 Å². The Labute approximate surface area is 97.0 Å². The van der Waals surface area contributed by atoms with E-state index in [1.165, 1.54) is 17.7 Å². The summed E-state index contributed by atoms with van der Waals surface area (Å²) in [5, 5.41) is 0. The summed E-state index contributed by atoms with van der Waals surface area (Å²) in [7, 11) is 0. The van der Waals surface area contributed by atoms with Crippen molar-refractivity contribution < 1.29 is 0 Å². The zero-order valence-corrected chi connectivity index (χ0v) is 10.2. The normalized spacial score (nSPS) is 12.3. The highest BCUT2D eigenvalue weighted by atomic mass is 32.2. The van der Waals surface area contributed by atoms with Gasteiger partial charge in [0.1, 0.15) is 0 Å². The van der Waals surface area contributed by atoms with Crippen LogP contribution in [0.5, 0.6) is 0 Å². The number of aliphatic imine (C=N–C) groups is 1. The van der Waals surface area contributed by atoms with Crippen molar-refractivity contribution in [3.05, 3.63) is 35.9 Å². The maximum absolute atomic E-state index is 3.97. The molecule has 2 heteroatoms. The van der Waals surface area contributed by atoms with Crippen molar-refractivity contribution in [2.24, 2.45) is 10.9 Å². The molecule has 82 valence electrons. The standard InChI is InChI=1S/C13H19NS/c1-3-12(9-14-2)10-15-11-13-7-5-4-6-8-13/h4-8,12H,2-3,9-11H2,1H3. The lowest BCUT2D eigenvalue weighted by molar-refractivity contribution is 0.588. The molecule has 1 aromatic rings. The fourth-order valence-corrected chi connectivity index (χ4v) is 2.62. The van der Waals surface area contributed by atoms with E-state index in [2.05, 4.69) is 49.0 Å². The van der Waals surface area contributed by atoms with E-state index in [1.54, 1.807) is 0 Å². The molecular weight excluding hydrogens is 202 g/mol. The van der Waals surface area contributed by atoms with Crippen LogP contribution in [0, 0.1) is 5.92 Å². The van der Waals surface area contributed by atoms with Crippen LogP contribution in [0.2, 0.25) is 0 Å². The summed E-state index contributed by atoms with van der Waals surface area (Å²) < 4.78 is 0. The molecule has 0 saturated carbocycles. The molecule has 0 heterocycles. The molecule has 0 aliphatic heterocycles. The Bertz CT molecular complexity index is 271. The van der Waals surface area contributed by atoms with Crippen LogP contribution in [0.1, 0.15) is 18.9 Å². The smallest absolute Gasteiger partial charge is 0.0418 e. The highest BCUT2D eigenvalue weighted by Gasteiger charge is 2.04. The van der Waals surface area contributed by atoms with Gasteiger partial charge >= 0.3 is 0 Å². The number of hydrogen-bond donors (Lipinski definition) is 0. The van der Waals surface area contributed by atoms with Crippen molar-refractivity contribution in [1.29, 1.82) is 0 Å². The van der Waals surface area contributed by atoms with E-state index in [-0.39, 0.29) is 0 Å². The van der Waals surface area contributed by atoms with Gasteiger partial charge in [0.2, 0.25) is 0 Å². The van der Waals surface area contributed by atoms with Gasteiger partial charge in [-0.2, -0.15) is 11.8 Å². The minimum atomic E-state index is 0.691. The Morgan fingerprint density at radius 1 is 1.33 bits per heavy atom. The Morgan fingerprint density at radius 3 is 2.67 bits per heavy atom. The SMILES string of the molecule is C=NCC(CC)CSCc1ccccc1. The monoisotopic (exact) mass is 221 g/mol. The average molecular weight is 221 g/mol. The number of nitrogens with zero attached hydrogens (tertiary/aromatic N) is 1. The highest BCUT2D eigenvalue weighted by molar-refractivity contribution is 7.98. The van der Waals surface area contributed by atoms with Gasteiger partial charge in [-0.05, 0) is 24.0 Å². The minimum Gasteiger partial charge on any atom is -0.301 e. The van der Waals surface area contributed by atoms with Gasteiger partial charge in [-0.15, -0.1) is 0 Å². The third-order valence-electron chi connectivity index (χ3n) is 2.43. The molecule has 0 radical (unpaired) electrons. The molecule has 15 heavy (non-hydrogen) atoms. The number of thioether (sulfide) groups is 1. The average Bonchev–Trinajstić information content (AvgIpc) is 2.29. The second-order valence-corrected chi connectivity index (χ2v) is 4.71. The quantitative estimate of drug-likeness (QED) is 0.640. The van der Waals surface area contributed by atoms with Crippen LogP contribution in [-0.2, 0) is 5.75 Å². The molecule has 0 amide bonds. The Kier molecular flexibility index (Phi) is 6.17. The van der Waals surface area contributed by atoms with Gasteiger partial charge in [-0.25, -0.2) is 0 Å². The van der Waals surface area contributed by atoms with Gasteiger partial charge in [0.15, 0.2) is 0 Å². The molecule has 1 rings (SSSR count). The predicted molar refractivity (Wildman–Crippen MR) is 70.8 cm³/mol. The first kappa shape index (κ1) is 12.3.